The van der Waals surface area contributed by atoms with Crippen molar-refractivity contribution in [2.24, 2.45) is 5.92 Å². The number of amides is 1. The van der Waals surface area contributed by atoms with Crippen molar-refractivity contribution in [1.82, 2.24) is 4.90 Å². The van der Waals surface area contributed by atoms with Crippen LogP contribution in [0.4, 0.5) is 5.69 Å². The van der Waals surface area contributed by atoms with E-state index in [4.69, 9.17) is 0 Å². The maximum atomic E-state index is 12.5. The van der Waals surface area contributed by atoms with Gasteiger partial charge < -0.3 is 9.80 Å². The van der Waals surface area contributed by atoms with Gasteiger partial charge in [0.15, 0.2) is 0 Å². The molecule has 0 unspecified atom stereocenters. The minimum atomic E-state index is 0.252. The lowest BCUT2D eigenvalue weighted by Crippen LogP contribution is -2.61. The van der Waals surface area contributed by atoms with E-state index in [0.29, 0.717) is 18.5 Å². The van der Waals surface area contributed by atoms with Gasteiger partial charge in [0, 0.05) is 24.7 Å². The van der Waals surface area contributed by atoms with Gasteiger partial charge in [-0.15, -0.1) is 0 Å². The van der Waals surface area contributed by atoms with E-state index in [2.05, 4.69) is 29.0 Å². The van der Waals surface area contributed by atoms with E-state index in [-0.39, 0.29) is 5.91 Å². The van der Waals surface area contributed by atoms with E-state index in [1.54, 1.807) is 0 Å². The Morgan fingerprint density at radius 3 is 2.65 bits per heavy atom. The molecule has 1 aromatic rings. The van der Waals surface area contributed by atoms with Crippen LogP contribution < -0.4 is 4.90 Å². The molecular weight excluding hydrogens is 248 g/mol. The van der Waals surface area contributed by atoms with Crippen molar-refractivity contribution < 1.29 is 4.79 Å². The number of nitrogens with zero attached hydrogens (tertiary/aromatic N) is 2. The molecule has 1 aromatic carbocycles. The molecule has 0 aromatic heterocycles. The van der Waals surface area contributed by atoms with Crippen LogP contribution in [0.25, 0.3) is 0 Å². The van der Waals surface area contributed by atoms with Crippen LogP contribution in [-0.2, 0) is 4.79 Å². The number of hydrogen-bond acceptors (Lipinski definition) is 2. The number of likely N-dealkylation sites (N-methyl/N-ethyl adjacent to an activating group) is 1. The van der Waals surface area contributed by atoms with Crippen LogP contribution in [0.15, 0.2) is 30.3 Å². The minimum Gasteiger partial charge on any atom is -0.308 e. The number of hydrogen-bond donors (Lipinski definition) is 0. The highest BCUT2D eigenvalue weighted by Crippen LogP contribution is 2.38. The summed E-state index contributed by atoms with van der Waals surface area (Å²) >= 11 is 0. The number of benzene rings is 1. The molecule has 3 aliphatic rings. The first kappa shape index (κ1) is 13.6. The number of fused-ring (bicyclic) bond motifs is 3. The Kier molecular flexibility index (Phi) is 3.79. The van der Waals surface area contributed by atoms with Gasteiger partial charge in [-0.05, 0) is 44.4 Å². The van der Waals surface area contributed by atoms with E-state index >= 15 is 0 Å². The second-order valence-corrected chi connectivity index (χ2v) is 6.21. The molecule has 2 aliphatic heterocycles. The Morgan fingerprint density at radius 1 is 1.30 bits per heavy atom. The molecular formula is C17H24N2O. The Morgan fingerprint density at radius 2 is 2.05 bits per heavy atom. The second-order valence-electron chi connectivity index (χ2n) is 6.21. The first-order chi connectivity index (χ1) is 9.70. The van der Waals surface area contributed by atoms with Crippen LogP contribution in [0.1, 0.15) is 32.6 Å². The van der Waals surface area contributed by atoms with Gasteiger partial charge in [-0.2, -0.15) is 0 Å². The highest BCUT2D eigenvalue weighted by molar-refractivity contribution is 5.93. The van der Waals surface area contributed by atoms with Crippen molar-refractivity contribution >= 4 is 11.6 Å². The van der Waals surface area contributed by atoms with Crippen LogP contribution in [0.2, 0.25) is 0 Å². The topological polar surface area (TPSA) is 23.6 Å². The average molecular weight is 272 g/mol. The molecule has 0 spiro atoms. The summed E-state index contributed by atoms with van der Waals surface area (Å²) in [7, 11) is 2.21. The Labute approximate surface area is 121 Å². The Hall–Kier alpha value is -1.35. The first-order valence-corrected chi connectivity index (χ1v) is 7.78. The third kappa shape index (κ3) is 2.35. The van der Waals surface area contributed by atoms with E-state index < -0.39 is 0 Å². The van der Waals surface area contributed by atoms with Gasteiger partial charge in [-0.25, -0.2) is 0 Å². The fraction of sp³-hybridized carbons (Fsp3) is 0.588. The summed E-state index contributed by atoms with van der Waals surface area (Å²) in [6, 6.07) is 11.1. The minimum absolute atomic E-state index is 0.252. The summed E-state index contributed by atoms with van der Waals surface area (Å²) in [4.78, 5) is 17.0. The zero-order valence-corrected chi connectivity index (χ0v) is 12.5. The molecule has 108 valence electrons. The predicted molar refractivity (Wildman–Crippen MR) is 81.8 cm³/mol. The summed E-state index contributed by atoms with van der Waals surface area (Å²) in [5, 5.41) is 0. The van der Waals surface area contributed by atoms with Crippen LogP contribution in [0, 0.1) is 5.92 Å². The lowest BCUT2D eigenvalue weighted by atomic mass is 9.76. The molecule has 4 rings (SSSR count). The quantitative estimate of drug-likeness (QED) is 0.844. The molecule has 1 saturated carbocycles. The van der Waals surface area contributed by atoms with Gasteiger partial charge in [0.05, 0.1) is 6.04 Å². The van der Waals surface area contributed by atoms with Crippen molar-refractivity contribution in [3.63, 3.8) is 0 Å². The molecule has 3 fully saturated rings. The van der Waals surface area contributed by atoms with Crippen molar-refractivity contribution in [3.8, 4) is 0 Å². The van der Waals surface area contributed by atoms with Crippen molar-refractivity contribution in [2.75, 3.05) is 18.5 Å². The van der Waals surface area contributed by atoms with Crippen LogP contribution in [-0.4, -0.2) is 36.5 Å². The summed E-state index contributed by atoms with van der Waals surface area (Å²) in [6.07, 6.45) is 4.29. The maximum absolute atomic E-state index is 12.5. The number of carbonyl (C=O) groups is 1. The molecule has 1 aliphatic carbocycles. The van der Waals surface area contributed by atoms with Crippen LogP contribution >= 0.6 is 0 Å². The zero-order chi connectivity index (χ0) is 14.1. The number of piperidine rings is 2. The van der Waals surface area contributed by atoms with Crippen molar-refractivity contribution in [1.29, 1.82) is 0 Å². The molecule has 20 heavy (non-hydrogen) atoms. The third-order valence-corrected chi connectivity index (χ3v) is 4.94. The third-order valence-electron chi connectivity index (χ3n) is 4.94. The second kappa shape index (κ2) is 5.57. The normalized spacial score (nSPS) is 29.4. The predicted octanol–water partition coefficient (Wildman–Crippen LogP) is 2.91. The van der Waals surface area contributed by atoms with E-state index in [1.165, 1.54) is 19.4 Å². The highest BCUT2D eigenvalue weighted by atomic mass is 16.2. The van der Waals surface area contributed by atoms with Gasteiger partial charge in [-0.3, -0.25) is 4.79 Å². The summed E-state index contributed by atoms with van der Waals surface area (Å²) in [5.41, 5.74) is 1.06. The molecule has 1 amide bonds. The molecule has 0 radical (unpaired) electrons. The molecule has 3 heteroatoms. The van der Waals surface area contributed by atoms with E-state index in [9.17, 15) is 4.79 Å². The average Bonchev–Trinajstić information content (AvgIpc) is 2.48. The SMILES string of the molecule is CCC(=O)N(c1ccccc1)[C@H]1C[C@H]2CC[C@H]1N(C)C2. The summed E-state index contributed by atoms with van der Waals surface area (Å²) in [6.45, 7) is 3.16. The van der Waals surface area contributed by atoms with Crippen molar-refractivity contribution in [3.05, 3.63) is 30.3 Å². The highest BCUT2D eigenvalue weighted by Gasteiger charge is 2.43. The van der Waals surface area contributed by atoms with Gasteiger partial charge in [0.1, 0.15) is 0 Å². The van der Waals surface area contributed by atoms with Gasteiger partial charge in [0.2, 0.25) is 5.91 Å². The number of carbonyl (C=O) groups excluding carboxylic acids is 1. The number of para-hydroxylation sites is 1. The number of anilines is 1. The smallest absolute Gasteiger partial charge is 0.227 e. The van der Waals surface area contributed by atoms with Crippen LogP contribution in [0.3, 0.4) is 0 Å². The first-order valence-electron chi connectivity index (χ1n) is 7.78. The lowest BCUT2D eigenvalue weighted by Gasteiger charge is -2.52. The van der Waals surface area contributed by atoms with Gasteiger partial charge >= 0.3 is 0 Å². The fourth-order valence-electron chi connectivity index (χ4n) is 3.99. The van der Waals surface area contributed by atoms with Gasteiger partial charge in [-0.1, -0.05) is 25.1 Å². The summed E-state index contributed by atoms with van der Waals surface area (Å²) in [5.74, 6) is 1.01. The Balaban J connectivity index is 1.92. The van der Waals surface area contributed by atoms with E-state index in [0.717, 1.165) is 18.0 Å². The van der Waals surface area contributed by atoms with Crippen LogP contribution in [0.5, 0.6) is 0 Å². The standard InChI is InChI=1S/C17H24N2O/c1-3-17(20)19(14-7-5-4-6-8-14)16-11-13-9-10-15(16)18(2)12-13/h4-8,13,15-16H,3,9-12H2,1-2H3/t13-,15-,16+/m1/s1. The summed E-state index contributed by atoms with van der Waals surface area (Å²) < 4.78 is 0. The van der Waals surface area contributed by atoms with Crippen molar-refractivity contribution in [2.45, 2.75) is 44.7 Å². The largest absolute Gasteiger partial charge is 0.308 e. The molecule has 2 saturated heterocycles. The fourth-order valence-corrected chi connectivity index (χ4v) is 3.99. The lowest BCUT2D eigenvalue weighted by molar-refractivity contribution is -0.119. The molecule has 2 heterocycles. The molecule has 0 N–H and O–H groups in total. The molecule has 3 atom stereocenters. The maximum Gasteiger partial charge on any atom is 0.227 e. The van der Waals surface area contributed by atoms with Gasteiger partial charge in [0.25, 0.3) is 0 Å². The zero-order valence-electron chi connectivity index (χ0n) is 12.5. The Bertz CT molecular complexity index is 473. The molecule has 3 nitrogen and oxygen atoms in total. The molecule has 2 bridgehead atoms. The number of rotatable bonds is 3. The van der Waals surface area contributed by atoms with E-state index in [1.807, 2.05) is 25.1 Å². The monoisotopic (exact) mass is 272 g/mol.